The van der Waals surface area contributed by atoms with Crippen molar-refractivity contribution in [2.75, 3.05) is 0 Å². The van der Waals surface area contributed by atoms with Crippen molar-refractivity contribution in [3.05, 3.63) is 51.6 Å². The number of rotatable bonds is 0. The Labute approximate surface area is 100 Å². The van der Waals surface area contributed by atoms with Gasteiger partial charge in [0.15, 0.2) is 0 Å². The second kappa shape index (κ2) is 23.3. The van der Waals surface area contributed by atoms with E-state index in [-0.39, 0.29) is 22.9 Å². The number of hydrogen-bond donors (Lipinski definition) is 0. The van der Waals surface area contributed by atoms with Crippen LogP contribution in [0.25, 0.3) is 0 Å². The van der Waals surface area contributed by atoms with Crippen molar-refractivity contribution in [2.24, 2.45) is 0 Å². The largest absolute Gasteiger partial charge is 0 e. The van der Waals surface area contributed by atoms with Crippen molar-refractivity contribution in [2.45, 2.75) is 6.92 Å². The third-order valence-electron chi connectivity index (χ3n) is 1.02. The Kier molecular flexibility index (Phi) is 37.2. The average Bonchev–Trinajstić information content (AvgIpc) is 2.31. The van der Waals surface area contributed by atoms with E-state index in [9.17, 15) is 4.79 Å². The zero-order valence-corrected chi connectivity index (χ0v) is 9.00. The second-order valence-corrected chi connectivity index (χ2v) is 1.81. The Morgan fingerprint density at radius 3 is 1.33 bits per heavy atom. The molecule has 1 aliphatic carbocycles. The van der Waals surface area contributed by atoms with Gasteiger partial charge in [0.25, 0.3) is 0 Å². The molecule has 0 spiro atoms. The van der Waals surface area contributed by atoms with E-state index in [0.29, 0.717) is 0 Å². The topological polar surface area (TPSA) is 76.8 Å². The first-order chi connectivity index (χ1) is 6.79. The van der Waals surface area contributed by atoms with E-state index in [0.717, 1.165) is 5.92 Å². The first-order valence-electron chi connectivity index (χ1n) is 3.14. The van der Waals surface area contributed by atoms with Gasteiger partial charge >= 0.3 is 33.9 Å². The van der Waals surface area contributed by atoms with Gasteiger partial charge in [-0.05, 0) is 18.8 Å². The van der Waals surface area contributed by atoms with Crippen LogP contribution < -0.4 is 0 Å². The van der Waals surface area contributed by atoms with E-state index in [1.54, 1.807) is 12.8 Å². The molecule has 4 nitrogen and oxygen atoms in total. The molecule has 1 saturated carbocycles. The molecule has 15 heavy (non-hydrogen) atoms. The molecule has 0 aromatic heterocycles. The minimum atomic E-state index is 0. The molecule has 78 valence electrons. The van der Waals surface area contributed by atoms with Crippen molar-refractivity contribution in [3.8, 4) is 0 Å². The van der Waals surface area contributed by atoms with E-state index >= 15 is 0 Å². The Bertz CT molecular complexity index is 171. The summed E-state index contributed by atoms with van der Waals surface area (Å²) in [6.45, 7) is 15.5. The van der Waals surface area contributed by atoms with Gasteiger partial charge in [-0.25, -0.2) is 0 Å². The molecule has 5 heteroatoms. The van der Waals surface area contributed by atoms with E-state index in [2.05, 4.69) is 20.0 Å². The predicted molar refractivity (Wildman–Crippen MR) is 42.9 cm³/mol. The van der Waals surface area contributed by atoms with Gasteiger partial charge in [0.05, 0.1) is 0 Å². The summed E-state index contributed by atoms with van der Waals surface area (Å²) in [4.78, 5) is 10.4. The number of hydrogen-bond acceptors (Lipinski definition) is 1. The minimum Gasteiger partial charge on any atom is 0 e. The van der Waals surface area contributed by atoms with Gasteiger partial charge in [0, 0.05) is 29.9 Å². The molecule has 0 N–H and O–H groups in total. The first-order valence-corrected chi connectivity index (χ1v) is 3.14. The van der Waals surface area contributed by atoms with Crippen molar-refractivity contribution in [1.29, 1.82) is 0 Å². The molecule has 1 rings (SSSR count). The van der Waals surface area contributed by atoms with E-state index in [1.807, 2.05) is 19.8 Å². The average molecular weight is 246 g/mol. The molecule has 0 saturated heterocycles. The van der Waals surface area contributed by atoms with Crippen molar-refractivity contribution in [1.82, 2.24) is 0 Å². The normalized spacial score (nSPS) is 13.1. The summed E-state index contributed by atoms with van der Waals surface area (Å²) in [5.41, 5.74) is 0. The Morgan fingerprint density at radius 2 is 1.13 bits per heavy atom. The Morgan fingerprint density at radius 1 is 0.867 bits per heavy atom. The van der Waals surface area contributed by atoms with Gasteiger partial charge in [0.2, 0.25) is 0 Å². The van der Waals surface area contributed by atoms with Crippen molar-refractivity contribution >= 4 is 5.78 Å². The van der Waals surface area contributed by atoms with Crippen LogP contribution in [-0.4, -0.2) is 5.78 Å². The predicted octanol–water partition coefficient (Wildman–Crippen LogP) is 0.866. The maximum atomic E-state index is 10.4. The number of carbonyl (C=O) groups is 1. The summed E-state index contributed by atoms with van der Waals surface area (Å²) in [6.07, 6.45) is 6.75. The van der Waals surface area contributed by atoms with E-state index < -0.39 is 0 Å². The molecule has 1 aliphatic rings. The van der Waals surface area contributed by atoms with Crippen LogP contribution in [0.4, 0.5) is 0 Å². The molecule has 0 amide bonds. The first kappa shape index (κ1) is 23.9. The maximum absolute atomic E-state index is 10.4. The Balaban J connectivity index is -0.0000000755. The smallest absolute Gasteiger partial charge is 0 e. The van der Waals surface area contributed by atoms with Crippen molar-refractivity contribution < 1.29 is 35.8 Å². The van der Waals surface area contributed by atoms with Gasteiger partial charge in [-0.1, -0.05) is 6.92 Å². The van der Waals surface area contributed by atoms with Gasteiger partial charge in [-0.15, -0.1) is 0 Å². The standard InChI is InChI=1S/C7H7O.3CO.Mn/c1-6-2-4-7(8)5-3-6;3*1-2;/h2-5H,1H3;;;;. The number of Topliss-reactive ketones (excluding diaryl/α,β-unsaturated/α-hetero) is 1. The van der Waals surface area contributed by atoms with Crippen LogP contribution in [0, 0.1) is 51.6 Å². The van der Waals surface area contributed by atoms with Gasteiger partial charge in [-0.3, -0.25) is 4.79 Å². The van der Waals surface area contributed by atoms with Crippen molar-refractivity contribution in [3.63, 3.8) is 0 Å². The van der Waals surface area contributed by atoms with Crippen LogP contribution in [-0.2, 0) is 35.8 Å². The van der Waals surface area contributed by atoms with Gasteiger partial charge in [-0.2, -0.15) is 0 Å². The Hall–Kier alpha value is -0.591. The zero-order valence-electron chi connectivity index (χ0n) is 7.82. The molecule has 6 radical (unpaired) electrons. The molecule has 0 aliphatic heterocycles. The minimum absolute atomic E-state index is 0. The number of ketones is 1. The van der Waals surface area contributed by atoms with Crippen LogP contribution in [0.5, 0.6) is 0 Å². The monoisotopic (exact) mass is 246 g/mol. The molecule has 0 heterocycles. The second-order valence-electron chi connectivity index (χ2n) is 1.81. The molecule has 1 fully saturated rings. The van der Waals surface area contributed by atoms with Crippen LogP contribution in [0.2, 0.25) is 0 Å². The zero-order chi connectivity index (χ0) is 12.0. The summed E-state index contributed by atoms with van der Waals surface area (Å²) < 4.78 is 22.5. The van der Waals surface area contributed by atoms with E-state index in [1.165, 1.54) is 0 Å². The fourth-order valence-corrected chi connectivity index (χ4v) is 0.538. The summed E-state index contributed by atoms with van der Waals surface area (Å²) in [5, 5.41) is 0. The van der Waals surface area contributed by atoms with Crippen LogP contribution in [0.1, 0.15) is 6.92 Å². The third-order valence-corrected chi connectivity index (χ3v) is 1.02. The van der Waals surface area contributed by atoms with Gasteiger partial charge in [0.1, 0.15) is 5.78 Å². The van der Waals surface area contributed by atoms with Crippen LogP contribution >= 0.6 is 0 Å². The fourth-order valence-electron chi connectivity index (χ4n) is 0.538. The summed E-state index contributed by atoms with van der Waals surface area (Å²) in [7, 11) is 0. The molecule has 0 aromatic carbocycles. The van der Waals surface area contributed by atoms with Crippen LogP contribution in [0.15, 0.2) is 0 Å². The molecule has 0 atom stereocenters. The molecular formula is C10H7MnO4. The molecular weight excluding hydrogens is 239 g/mol. The van der Waals surface area contributed by atoms with Crippen LogP contribution in [0.3, 0.4) is 0 Å². The third kappa shape index (κ3) is 19.7. The number of carbonyl (C=O) groups excluding carboxylic acids is 1. The van der Waals surface area contributed by atoms with Gasteiger partial charge < -0.3 is 0 Å². The molecule has 0 aromatic rings. The summed E-state index contributed by atoms with van der Waals surface area (Å²) in [6, 6.07) is 0. The maximum Gasteiger partial charge on any atom is 0 e. The summed E-state index contributed by atoms with van der Waals surface area (Å²) >= 11 is 0. The molecule has 0 unspecified atom stereocenters. The SMILES string of the molecule is C[C]1[CH][CH]C(=O)[CH][CH]1.[C-]#[O+].[C-]#[O+].[C-]#[O+].[Mn]. The van der Waals surface area contributed by atoms with E-state index in [4.69, 9.17) is 14.0 Å². The fraction of sp³-hybridized carbons (Fsp3) is 0.100. The molecule has 0 bridgehead atoms. The quantitative estimate of drug-likeness (QED) is 0.355. The summed E-state index contributed by atoms with van der Waals surface area (Å²) in [5.74, 6) is 1.21.